The van der Waals surface area contributed by atoms with E-state index in [1.54, 1.807) is 23.9 Å². The molecule has 8 amide bonds. The van der Waals surface area contributed by atoms with Gasteiger partial charge in [-0.05, 0) is 38.5 Å². The molecule has 32 heavy (non-hydrogen) atoms. The van der Waals surface area contributed by atoms with E-state index < -0.39 is 0 Å². The van der Waals surface area contributed by atoms with Gasteiger partial charge < -0.3 is 41.7 Å². The number of hydrogen-bond acceptors (Lipinski definition) is 4. The molecule has 3 aliphatic rings. The molecule has 12 heteroatoms. The van der Waals surface area contributed by atoms with Gasteiger partial charge in [0.05, 0.1) is 0 Å². The predicted octanol–water partition coefficient (Wildman–Crippen LogP) is -0.277. The van der Waals surface area contributed by atoms with E-state index in [2.05, 4.69) is 31.9 Å². The molecule has 2 atom stereocenters. The smallest absolute Gasteiger partial charge is 0.317 e. The van der Waals surface area contributed by atoms with Gasteiger partial charge in [0.15, 0.2) is 0 Å². The molecule has 0 radical (unpaired) electrons. The van der Waals surface area contributed by atoms with E-state index in [1.807, 2.05) is 0 Å². The van der Waals surface area contributed by atoms with E-state index in [1.165, 1.54) is 0 Å². The quantitative estimate of drug-likeness (QED) is 0.348. The van der Waals surface area contributed by atoms with Crippen molar-refractivity contribution in [2.45, 2.75) is 62.7 Å². The van der Waals surface area contributed by atoms with Crippen molar-refractivity contribution in [1.29, 1.82) is 0 Å². The average molecular weight is 453 g/mol. The topological polar surface area (TPSA) is 147 Å². The summed E-state index contributed by atoms with van der Waals surface area (Å²) < 4.78 is 0. The minimum absolute atomic E-state index is 0.0246. The maximum atomic E-state index is 12.6. The molecule has 0 aromatic rings. The van der Waals surface area contributed by atoms with Crippen molar-refractivity contribution in [1.82, 2.24) is 41.7 Å². The molecule has 180 valence electrons. The standard InChI is InChI=1S/C20H36N8O4/c1-21-17(29)23-15-7-9-27(11-15)19(31)25-13-3-5-14(6-4-13)26-20(32)28-10-8-16(12-28)24-18(30)22-2/h13-16H,3-12H2,1-2H3,(H,25,31)(H,26,32)(H2,21,23,29)(H2,22,24,30)/t13?,14?,15-,16-/m1/s1. The summed E-state index contributed by atoms with van der Waals surface area (Å²) in [5, 5.41) is 16.9. The van der Waals surface area contributed by atoms with Crippen LogP contribution in [-0.4, -0.2) is 98.4 Å². The Bertz CT molecular complexity index is 639. The third-order valence-corrected chi connectivity index (χ3v) is 6.46. The molecule has 12 nitrogen and oxygen atoms in total. The van der Waals surface area contributed by atoms with Gasteiger partial charge in [0.2, 0.25) is 0 Å². The molecule has 6 N–H and O–H groups in total. The molecule has 0 aromatic heterocycles. The number of urea groups is 4. The fourth-order valence-corrected chi connectivity index (χ4v) is 4.55. The lowest BCUT2D eigenvalue weighted by Gasteiger charge is -2.32. The first-order valence-electron chi connectivity index (χ1n) is 11.4. The maximum Gasteiger partial charge on any atom is 0.317 e. The normalized spacial score (nSPS) is 27.4. The first kappa shape index (κ1) is 23.7. The van der Waals surface area contributed by atoms with Gasteiger partial charge in [0.1, 0.15) is 0 Å². The van der Waals surface area contributed by atoms with Crippen molar-refractivity contribution in [2.75, 3.05) is 40.3 Å². The number of amides is 8. The van der Waals surface area contributed by atoms with Gasteiger partial charge in [0.25, 0.3) is 0 Å². The SMILES string of the molecule is CNC(=O)N[C@@H]1CCN(C(=O)NC2CCC(NC(=O)N3CC[C@@H](NC(=O)NC)C3)CC2)C1. The number of carbonyl (C=O) groups excluding carboxylic acids is 4. The average Bonchev–Trinajstić information content (AvgIpc) is 3.44. The molecule has 1 saturated carbocycles. The fourth-order valence-electron chi connectivity index (χ4n) is 4.55. The zero-order chi connectivity index (χ0) is 23.1. The summed E-state index contributed by atoms with van der Waals surface area (Å²) in [4.78, 5) is 51.4. The fraction of sp³-hybridized carbons (Fsp3) is 0.800. The van der Waals surface area contributed by atoms with Crippen LogP contribution in [0, 0.1) is 0 Å². The van der Waals surface area contributed by atoms with E-state index >= 15 is 0 Å². The van der Waals surface area contributed by atoms with Gasteiger partial charge in [-0.3, -0.25) is 0 Å². The van der Waals surface area contributed by atoms with Gasteiger partial charge in [-0.15, -0.1) is 0 Å². The van der Waals surface area contributed by atoms with Crippen molar-refractivity contribution < 1.29 is 19.2 Å². The van der Waals surface area contributed by atoms with Crippen LogP contribution in [-0.2, 0) is 0 Å². The Labute approximate surface area is 188 Å². The number of carbonyl (C=O) groups is 4. The lowest BCUT2D eigenvalue weighted by Crippen LogP contribution is -2.50. The monoisotopic (exact) mass is 452 g/mol. The highest BCUT2D eigenvalue weighted by Gasteiger charge is 2.32. The molecule has 2 aliphatic heterocycles. The Morgan fingerprint density at radius 2 is 0.938 bits per heavy atom. The zero-order valence-corrected chi connectivity index (χ0v) is 18.9. The minimum atomic E-state index is -0.232. The van der Waals surface area contributed by atoms with Gasteiger partial charge in [0, 0.05) is 64.4 Å². The highest BCUT2D eigenvalue weighted by atomic mass is 16.2. The highest BCUT2D eigenvalue weighted by Crippen LogP contribution is 2.20. The van der Waals surface area contributed by atoms with Gasteiger partial charge in [-0.25, -0.2) is 19.2 Å². The largest absolute Gasteiger partial charge is 0.341 e. The summed E-state index contributed by atoms with van der Waals surface area (Å²) >= 11 is 0. The first-order valence-corrected chi connectivity index (χ1v) is 11.4. The number of nitrogens with one attached hydrogen (secondary N) is 6. The van der Waals surface area contributed by atoms with Crippen LogP contribution in [0.3, 0.4) is 0 Å². The second-order valence-electron chi connectivity index (χ2n) is 8.76. The molecule has 2 saturated heterocycles. The lowest BCUT2D eigenvalue weighted by molar-refractivity contribution is 0.189. The minimum Gasteiger partial charge on any atom is -0.341 e. The lowest BCUT2D eigenvalue weighted by atomic mass is 9.91. The second-order valence-corrected chi connectivity index (χ2v) is 8.76. The number of hydrogen-bond donors (Lipinski definition) is 6. The van der Waals surface area contributed by atoms with Crippen LogP contribution in [0.15, 0.2) is 0 Å². The molecule has 1 aliphatic carbocycles. The summed E-state index contributed by atoms with van der Waals surface area (Å²) in [5.41, 5.74) is 0. The molecule has 0 spiro atoms. The highest BCUT2D eigenvalue weighted by molar-refractivity contribution is 5.77. The van der Waals surface area contributed by atoms with E-state index in [-0.39, 0.29) is 48.3 Å². The summed E-state index contributed by atoms with van der Waals surface area (Å²) in [6.45, 7) is 2.27. The van der Waals surface area contributed by atoms with Crippen LogP contribution in [0.4, 0.5) is 19.2 Å². The molecule has 0 unspecified atom stereocenters. The van der Waals surface area contributed by atoms with E-state index in [0.29, 0.717) is 26.2 Å². The van der Waals surface area contributed by atoms with Crippen LogP contribution in [0.25, 0.3) is 0 Å². The third-order valence-electron chi connectivity index (χ3n) is 6.46. The molecular weight excluding hydrogens is 416 g/mol. The Morgan fingerprint density at radius 3 is 1.28 bits per heavy atom. The Morgan fingerprint density at radius 1 is 0.562 bits per heavy atom. The van der Waals surface area contributed by atoms with Crippen molar-refractivity contribution in [3.63, 3.8) is 0 Å². The van der Waals surface area contributed by atoms with Crippen LogP contribution >= 0.6 is 0 Å². The molecule has 0 aromatic carbocycles. The van der Waals surface area contributed by atoms with Gasteiger partial charge in [-0.1, -0.05) is 0 Å². The van der Waals surface area contributed by atoms with Crippen molar-refractivity contribution in [3.05, 3.63) is 0 Å². The van der Waals surface area contributed by atoms with E-state index in [4.69, 9.17) is 0 Å². The Hall–Kier alpha value is -2.92. The summed E-state index contributed by atoms with van der Waals surface area (Å²) in [6, 6.07) is -0.513. The molecular formula is C20H36N8O4. The molecule has 3 rings (SSSR count). The Kier molecular flexibility index (Phi) is 8.23. The van der Waals surface area contributed by atoms with Crippen LogP contribution < -0.4 is 31.9 Å². The molecule has 2 heterocycles. The number of likely N-dealkylation sites (tertiary alicyclic amines) is 2. The van der Waals surface area contributed by atoms with E-state index in [0.717, 1.165) is 38.5 Å². The molecule has 0 bridgehead atoms. The first-order chi connectivity index (χ1) is 15.4. The summed E-state index contributed by atoms with van der Waals surface area (Å²) in [7, 11) is 3.14. The predicted molar refractivity (Wildman–Crippen MR) is 118 cm³/mol. The molecule has 3 fully saturated rings. The second kappa shape index (κ2) is 11.1. The maximum absolute atomic E-state index is 12.6. The van der Waals surface area contributed by atoms with Gasteiger partial charge in [-0.2, -0.15) is 0 Å². The number of rotatable bonds is 4. The van der Waals surface area contributed by atoms with Crippen LogP contribution in [0.1, 0.15) is 38.5 Å². The summed E-state index contributed by atoms with van der Waals surface area (Å²) in [5.74, 6) is 0. The van der Waals surface area contributed by atoms with Crippen LogP contribution in [0.2, 0.25) is 0 Å². The summed E-state index contributed by atoms with van der Waals surface area (Å²) in [6.07, 6.45) is 4.73. The van der Waals surface area contributed by atoms with Crippen molar-refractivity contribution in [2.24, 2.45) is 0 Å². The van der Waals surface area contributed by atoms with Gasteiger partial charge >= 0.3 is 24.1 Å². The van der Waals surface area contributed by atoms with Crippen molar-refractivity contribution in [3.8, 4) is 0 Å². The van der Waals surface area contributed by atoms with E-state index in [9.17, 15) is 19.2 Å². The third kappa shape index (κ3) is 6.54. The number of nitrogens with zero attached hydrogens (tertiary/aromatic N) is 2. The zero-order valence-electron chi connectivity index (χ0n) is 18.9. The van der Waals surface area contributed by atoms with Crippen LogP contribution in [0.5, 0.6) is 0 Å². The Balaban J connectivity index is 1.33. The van der Waals surface area contributed by atoms with Crippen molar-refractivity contribution >= 4 is 24.1 Å².